The molecular formula is C15H18N6OS. The highest BCUT2D eigenvalue weighted by molar-refractivity contribution is 7.84. The van der Waals surface area contributed by atoms with Gasteiger partial charge in [0.25, 0.3) is 0 Å². The number of nitrogens with zero attached hydrogens (tertiary/aromatic N) is 4. The lowest BCUT2D eigenvalue weighted by atomic mass is 9.75. The van der Waals surface area contributed by atoms with E-state index in [-0.39, 0.29) is 5.54 Å². The molecule has 23 heavy (non-hydrogen) atoms. The molecule has 0 bridgehead atoms. The summed E-state index contributed by atoms with van der Waals surface area (Å²) in [6, 6.07) is 1.99. The zero-order valence-electron chi connectivity index (χ0n) is 12.7. The van der Waals surface area contributed by atoms with Gasteiger partial charge >= 0.3 is 0 Å². The van der Waals surface area contributed by atoms with Gasteiger partial charge in [-0.2, -0.15) is 0 Å². The zero-order valence-corrected chi connectivity index (χ0v) is 13.5. The molecule has 2 aliphatic rings. The Morgan fingerprint density at radius 2 is 2.26 bits per heavy atom. The number of rotatable bonds is 5. The summed E-state index contributed by atoms with van der Waals surface area (Å²) in [7, 11) is -0.919. The van der Waals surface area contributed by atoms with Gasteiger partial charge in [-0.05, 0) is 38.2 Å². The molecule has 1 atom stereocenters. The summed E-state index contributed by atoms with van der Waals surface area (Å²) >= 11 is 0. The molecular weight excluding hydrogens is 312 g/mol. The fraction of sp³-hybridized carbons (Fsp3) is 0.533. The number of nitrogens with one attached hydrogen (secondary N) is 2. The third-order valence-corrected chi connectivity index (χ3v) is 6.67. The average molecular weight is 330 g/mol. The van der Waals surface area contributed by atoms with Crippen LogP contribution in [0.5, 0.6) is 0 Å². The second-order valence-corrected chi connectivity index (χ2v) is 8.15. The summed E-state index contributed by atoms with van der Waals surface area (Å²) in [4.78, 5) is 7.47. The van der Waals surface area contributed by atoms with E-state index in [4.69, 9.17) is 0 Å². The molecule has 8 heteroatoms. The van der Waals surface area contributed by atoms with Crippen LogP contribution in [0.1, 0.15) is 37.9 Å². The molecule has 2 aliphatic carbocycles. The summed E-state index contributed by atoms with van der Waals surface area (Å²) in [6.45, 7) is 0. The molecule has 0 spiro atoms. The van der Waals surface area contributed by atoms with Crippen LogP contribution in [-0.2, 0) is 17.4 Å². The Balaban J connectivity index is 1.52. The smallest absolute Gasteiger partial charge is 0.179 e. The fourth-order valence-corrected chi connectivity index (χ4v) is 4.78. The average Bonchev–Trinajstić information content (AvgIpc) is 3.12. The topological polar surface area (TPSA) is 88.0 Å². The first-order valence-corrected chi connectivity index (χ1v) is 9.30. The van der Waals surface area contributed by atoms with Crippen LogP contribution in [0, 0.1) is 0 Å². The summed E-state index contributed by atoms with van der Waals surface area (Å²) in [5.74, 6) is 0.909. The lowest BCUT2D eigenvalue weighted by molar-refractivity contribution is 0.219. The van der Waals surface area contributed by atoms with E-state index in [1.807, 2.05) is 12.3 Å². The Kier molecular flexibility index (Phi) is 2.87. The Labute approximate surface area is 135 Å². The highest BCUT2D eigenvalue weighted by Gasteiger charge is 2.42. The lowest BCUT2D eigenvalue weighted by Gasteiger charge is -2.41. The maximum absolute atomic E-state index is 12.3. The van der Waals surface area contributed by atoms with Gasteiger partial charge in [0, 0.05) is 23.4 Å². The number of hydrogen-bond donors (Lipinski definition) is 2. The van der Waals surface area contributed by atoms with E-state index in [9.17, 15) is 4.21 Å². The van der Waals surface area contributed by atoms with E-state index in [0.29, 0.717) is 5.25 Å². The van der Waals surface area contributed by atoms with Crippen LogP contribution in [0.3, 0.4) is 0 Å². The molecule has 2 N–H and O–H groups in total. The van der Waals surface area contributed by atoms with Gasteiger partial charge in [-0.1, -0.05) is 0 Å². The molecule has 0 aromatic carbocycles. The third-order valence-electron chi connectivity index (χ3n) is 4.96. The molecule has 3 aromatic heterocycles. The van der Waals surface area contributed by atoms with Crippen LogP contribution in [0.25, 0.3) is 16.8 Å². The van der Waals surface area contributed by atoms with Crippen molar-refractivity contribution in [1.82, 2.24) is 29.3 Å². The van der Waals surface area contributed by atoms with Crippen LogP contribution in [-0.4, -0.2) is 39.6 Å². The minimum atomic E-state index is -0.919. The minimum Gasteiger partial charge on any atom is -0.345 e. The van der Waals surface area contributed by atoms with E-state index in [1.165, 1.54) is 6.42 Å². The van der Waals surface area contributed by atoms with Gasteiger partial charge in [0.1, 0.15) is 5.82 Å². The third kappa shape index (κ3) is 2.20. The van der Waals surface area contributed by atoms with Crippen molar-refractivity contribution in [3.05, 3.63) is 24.3 Å². The summed E-state index contributed by atoms with van der Waals surface area (Å²) in [5.41, 5.74) is 2.48. The van der Waals surface area contributed by atoms with Crippen molar-refractivity contribution >= 4 is 27.8 Å². The number of aromatic nitrogens is 5. The second kappa shape index (κ2) is 4.85. The van der Waals surface area contributed by atoms with Crippen molar-refractivity contribution in [1.29, 1.82) is 0 Å². The van der Waals surface area contributed by atoms with Crippen molar-refractivity contribution in [2.24, 2.45) is 0 Å². The second-order valence-electron chi connectivity index (χ2n) is 6.69. The zero-order chi connectivity index (χ0) is 15.4. The quantitative estimate of drug-likeness (QED) is 0.742. The molecule has 0 aliphatic heterocycles. The number of fused-ring (bicyclic) bond motifs is 3. The van der Waals surface area contributed by atoms with Gasteiger partial charge in [0.2, 0.25) is 0 Å². The SMILES string of the molecule is O=S(NC1(Cc2nnc3cnc4[nH]ccc4n23)CCC1)C1CC1. The first-order chi connectivity index (χ1) is 11.2. The van der Waals surface area contributed by atoms with E-state index < -0.39 is 11.0 Å². The molecule has 3 heterocycles. The van der Waals surface area contributed by atoms with E-state index in [2.05, 4.69) is 29.3 Å². The van der Waals surface area contributed by atoms with Gasteiger partial charge in [-0.3, -0.25) is 4.40 Å². The Morgan fingerprint density at radius 1 is 1.39 bits per heavy atom. The van der Waals surface area contributed by atoms with Crippen LogP contribution in [0.2, 0.25) is 0 Å². The Morgan fingerprint density at radius 3 is 3.00 bits per heavy atom. The minimum absolute atomic E-state index is 0.0949. The van der Waals surface area contributed by atoms with Crippen LogP contribution >= 0.6 is 0 Å². The van der Waals surface area contributed by atoms with Crippen molar-refractivity contribution in [3.8, 4) is 0 Å². The molecule has 1 unspecified atom stereocenters. The van der Waals surface area contributed by atoms with Crippen molar-refractivity contribution in [2.75, 3.05) is 0 Å². The Bertz CT molecular complexity index is 907. The highest BCUT2D eigenvalue weighted by atomic mass is 32.2. The summed E-state index contributed by atoms with van der Waals surface area (Å²) < 4.78 is 17.8. The van der Waals surface area contributed by atoms with Gasteiger partial charge in [-0.15, -0.1) is 10.2 Å². The molecule has 2 saturated carbocycles. The summed E-state index contributed by atoms with van der Waals surface area (Å²) in [5, 5.41) is 8.98. The van der Waals surface area contributed by atoms with Crippen LogP contribution in [0.4, 0.5) is 0 Å². The standard InChI is InChI=1S/C15H18N6OS/c22-23(10-2-3-10)20-15(5-1-6-15)8-12-18-19-13-9-17-14-11(21(12)13)4-7-16-14/h4,7,9-10,16,20H,1-3,5-6,8H2. The number of H-pyrrole nitrogens is 1. The fourth-order valence-electron chi connectivity index (χ4n) is 3.35. The van der Waals surface area contributed by atoms with Gasteiger partial charge in [-0.25, -0.2) is 13.9 Å². The predicted molar refractivity (Wildman–Crippen MR) is 87.2 cm³/mol. The largest absolute Gasteiger partial charge is 0.345 e. The predicted octanol–water partition coefficient (Wildman–Crippen LogP) is 1.49. The molecule has 3 aromatic rings. The molecule has 2 fully saturated rings. The first kappa shape index (κ1) is 13.6. The van der Waals surface area contributed by atoms with Crippen LogP contribution < -0.4 is 4.72 Å². The summed E-state index contributed by atoms with van der Waals surface area (Å²) in [6.07, 6.45) is 9.78. The van der Waals surface area contributed by atoms with Gasteiger partial charge in [0.15, 0.2) is 11.3 Å². The maximum atomic E-state index is 12.3. The van der Waals surface area contributed by atoms with E-state index in [0.717, 1.165) is 54.7 Å². The molecule has 120 valence electrons. The number of aromatic amines is 1. The highest BCUT2D eigenvalue weighted by Crippen LogP contribution is 2.37. The monoisotopic (exact) mass is 330 g/mol. The van der Waals surface area contributed by atoms with Crippen molar-refractivity contribution in [3.63, 3.8) is 0 Å². The number of hydrogen-bond acceptors (Lipinski definition) is 4. The van der Waals surface area contributed by atoms with Crippen LogP contribution in [0.15, 0.2) is 18.5 Å². The van der Waals surface area contributed by atoms with Gasteiger partial charge < -0.3 is 4.98 Å². The molecule has 7 nitrogen and oxygen atoms in total. The maximum Gasteiger partial charge on any atom is 0.179 e. The lowest BCUT2D eigenvalue weighted by Crippen LogP contribution is -2.54. The van der Waals surface area contributed by atoms with E-state index >= 15 is 0 Å². The normalized spacial score (nSPS) is 21.6. The molecule has 0 amide bonds. The van der Waals surface area contributed by atoms with E-state index in [1.54, 1.807) is 6.20 Å². The van der Waals surface area contributed by atoms with Gasteiger partial charge in [0.05, 0.1) is 22.7 Å². The van der Waals surface area contributed by atoms with Crippen molar-refractivity contribution in [2.45, 2.75) is 49.3 Å². The molecule has 5 rings (SSSR count). The van der Waals surface area contributed by atoms with Crippen molar-refractivity contribution < 1.29 is 4.21 Å². The molecule has 0 saturated heterocycles. The first-order valence-electron chi connectivity index (χ1n) is 8.09. The molecule has 0 radical (unpaired) electrons. The Hall–Kier alpha value is -1.80.